The van der Waals surface area contributed by atoms with E-state index in [-0.39, 0.29) is 23.4 Å². The molecule has 1 N–H and O–H groups in total. The van der Waals surface area contributed by atoms with Crippen LogP contribution < -0.4 is 10.9 Å². The van der Waals surface area contributed by atoms with Crippen LogP contribution in [0.2, 0.25) is 5.02 Å². The smallest absolute Gasteiger partial charge is 0.265 e. The molecule has 0 radical (unpaired) electrons. The van der Waals surface area contributed by atoms with Crippen molar-refractivity contribution in [3.8, 4) is 27.5 Å². The zero-order chi connectivity index (χ0) is 30.0. The molecular formula is C34H39ClN4O2S. The van der Waals surface area contributed by atoms with Gasteiger partial charge in [0.2, 0.25) is 0 Å². The first-order chi connectivity index (χ1) is 20.2. The number of nitrogens with zero attached hydrogens (tertiary/aromatic N) is 3. The average molecular weight is 603 g/mol. The molecule has 2 aromatic heterocycles. The number of pyridine rings is 1. The minimum absolute atomic E-state index is 0.0313. The van der Waals surface area contributed by atoms with E-state index >= 15 is 0 Å². The highest BCUT2D eigenvalue weighted by Crippen LogP contribution is 2.32. The van der Waals surface area contributed by atoms with Gasteiger partial charge in [0.15, 0.2) is 0 Å². The molecule has 8 heteroatoms. The van der Waals surface area contributed by atoms with Crippen LogP contribution >= 0.6 is 22.9 Å². The molecule has 6 nitrogen and oxygen atoms in total. The van der Waals surface area contributed by atoms with Crippen LogP contribution in [0.15, 0.2) is 58.7 Å². The number of hydrogen-bond donors (Lipinski definition) is 1. The van der Waals surface area contributed by atoms with Crippen LogP contribution in [0.3, 0.4) is 0 Å². The fourth-order valence-electron chi connectivity index (χ4n) is 5.77. The molecule has 0 bridgehead atoms. The topological polar surface area (TPSA) is 67.2 Å². The van der Waals surface area contributed by atoms with E-state index in [1.54, 1.807) is 0 Å². The van der Waals surface area contributed by atoms with Crippen LogP contribution in [0.5, 0.6) is 0 Å². The minimum Gasteiger partial charge on any atom is -0.333 e. The Balaban J connectivity index is 1.81. The van der Waals surface area contributed by atoms with Gasteiger partial charge >= 0.3 is 0 Å². The summed E-state index contributed by atoms with van der Waals surface area (Å²) in [4.78, 5) is 36.0. The first-order valence-corrected chi connectivity index (χ1v) is 16.1. The predicted molar refractivity (Wildman–Crippen MR) is 174 cm³/mol. The molecule has 1 saturated heterocycles. The number of carbonyl (C=O) groups excluding carboxylic acids is 1. The van der Waals surface area contributed by atoms with Crippen molar-refractivity contribution >= 4 is 28.8 Å². The maximum absolute atomic E-state index is 14.7. The number of halogens is 1. The van der Waals surface area contributed by atoms with Crippen molar-refractivity contribution in [1.82, 2.24) is 19.8 Å². The number of amides is 1. The molecule has 4 aromatic rings. The molecule has 1 amide bonds. The van der Waals surface area contributed by atoms with E-state index in [0.717, 1.165) is 59.7 Å². The lowest BCUT2D eigenvalue weighted by atomic mass is 9.96. The number of para-hydroxylation sites is 1. The lowest BCUT2D eigenvalue weighted by molar-refractivity contribution is 0.0653. The molecule has 0 saturated carbocycles. The second-order valence-corrected chi connectivity index (χ2v) is 12.7. The van der Waals surface area contributed by atoms with Gasteiger partial charge in [-0.3, -0.25) is 14.2 Å². The zero-order valence-corrected chi connectivity index (χ0v) is 26.6. The highest BCUT2D eigenvalue weighted by molar-refractivity contribution is 7.13. The Bertz CT molecular complexity index is 1620. The number of aryl methyl sites for hydroxylation is 2. The third-order valence-corrected chi connectivity index (χ3v) is 9.09. The molecule has 0 aliphatic carbocycles. The Hall–Kier alpha value is -3.26. The molecule has 1 aliphatic heterocycles. The minimum atomic E-state index is -0.136. The number of piperazine rings is 1. The number of aromatic nitrogens is 2. The fourth-order valence-corrected chi connectivity index (χ4v) is 6.73. The number of rotatable bonds is 8. The summed E-state index contributed by atoms with van der Waals surface area (Å²) in [6, 6.07) is 15.6. The molecule has 0 unspecified atom stereocenters. The number of thiazole rings is 1. The standard InChI is InChI=1S/C34H39ClN4O2S/c1-6-23-9-8-10-24(7-2)31(23)39-30(17-21(3)4)27(33(40)38-16-15-36-19-22(38)5)18-28(34(39)41)32-37-29(20-42-32)25-11-13-26(35)14-12-25/h8-14,18,20-22,36H,6-7,15-17,19H2,1-5H3/t22-/m1/s1. The normalized spacial score (nSPS) is 15.4. The Morgan fingerprint density at radius 1 is 1.12 bits per heavy atom. The molecule has 42 heavy (non-hydrogen) atoms. The van der Waals surface area contributed by atoms with Crippen molar-refractivity contribution in [3.05, 3.63) is 91.7 Å². The van der Waals surface area contributed by atoms with Gasteiger partial charge in [-0.2, -0.15) is 0 Å². The monoisotopic (exact) mass is 602 g/mol. The third-order valence-electron chi connectivity index (χ3n) is 7.96. The van der Waals surface area contributed by atoms with Gasteiger partial charge in [-0.1, -0.05) is 69.6 Å². The van der Waals surface area contributed by atoms with Gasteiger partial charge in [-0.05, 0) is 61.4 Å². The van der Waals surface area contributed by atoms with Gasteiger partial charge < -0.3 is 10.2 Å². The summed E-state index contributed by atoms with van der Waals surface area (Å²) in [5, 5.41) is 6.61. The van der Waals surface area contributed by atoms with Crippen LogP contribution in [-0.4, -0.2) is 46.0 Å². The van der Waals surface area contributed by atoms with E-state index in [2.05, 4.69) is 58.1 Å². The lowest BCUT2D eigenvalue weighted by Crippen LogP contribution is -2.52. The van der Waals surface area contributed by atoms with Gasteiger partial charge in [0.1, 0.15) is 5.01 Å². The first kappa shape index (κ1) is 30.2. The highest BCUT2D eigenvalue weighted by atomic mass is 35.5. The van der Waals surface area contributed by atoms with Gasteiger partial charge in [0, 0.05) is 47.3 Å². The third kappa shape index (κ3) is 5.96. The average Bonchev–Trinajstić information content (AvgIpc) is 3.47. The summed E-state index contributed by atoms with van der Waals surface area (Å²) in [6.45, 7) is 12.7. The van der Waals surface area contributed by atoms with Crippen molar-refractivity contribution < 1.29 is 4.79 Å². The maximum Gasteiger partial charge on any atom is 0.265 e. The van der Waals surface area contributed by atoms with Crippen LogP contribution in [-0.2, 0) is 19.3 Å². The van der Waals surface area contributed by atoms with E-state index in [9.17, 15) is 9.59 Å². The second-order valence-electron chi connectivity index (χ2n) is 11.4. The lowest BCUT2D eigenvalue weighted by Gasteiger charge is -2.35. The molecule has 220 valence electrons. The Morgan fingerprint density at radius 3 is 2.43 bits per heavy atom. The predicted octanol–water partition coefficient (Wildman–Crippen LogP) is 7.04. The number of benzene rings is 2. The maximum atomic E-state index is 14.7. The van der Waals surface area contributed by atoms with E-state index in [1.165, 1.54) is 11.3 Å². The molecule has 0 spiro atoms. The van der Waals surface area contributed by atoms with E-state index in [4.69, 9.17) is 16.6 Å². The van der Waals surface area contributed by atoms with E-state index < -0.39 is 0 Å². The van der Waals surface area contributed by atoms with Crippen LogP contribution in [0.25, 0.3) is 27.5 Å². The molecule has 3 heterocycles. The SMILES string of the molecule is CCc1cccc(CC)c1-n1c(CC(C)C)c(C(=O)N2CCNC[C@H]2C)cc(-c2nc(-c3ccc(Cl)cc3)cs2)c1=O. The largest absolute Gasteiger partial charge is 0.333 e. The molecule has 1 aliphatic rings. The summed E-state index contributed by atoms with van der Waals surface area (Å²) in [7, 11) is 0. The Kier molecular flexibility index (Phi) is 9.31. The van der Waals surface area contributed by atoms with Crippen molar-refractivity contribution in [2.75, 3.05) is 19.6 Å². The van der Waals surface area contributed by atoms with Gasteiger partial charge in [-0.25, -0.2) is 4.98 Å². The molecule has 5 rings (SSSR count). The molecule has 1 fully saturated rings. The number of nitrogens with one attached hydrogen (secondary N) is 1. The van der Waals surface area contributed by atoms with Crippen molar-refractivity contribution in [1.29, 1.82) is 0 Å². The number of hydrogen-bond acceptors (Lipinski definition) is 5. The van der Waals surface area contributed by atoms with Gasteiger partial charge in [0.25, 0.3) is 11.5 Å². The van der Waals surface area contributed by atoms with E-state index in [0.29, 0.717) is 34.1 Å². The molecular weight excluding hydrogens is 564 g/mol. The fraction of sp³-hybridized carbons (Fsp3) is 0.382. The summed E-state index contributed by atoms with van der Waals surface area (Å²) in [5.41, 5.74) is 6.46. The van der Waals surface area contributed by atoms with Crippen molar-refractivity contribution in [2.24, 2.45) is 5.92 Å². The van der Waals surface area contributed by atoms with Gasteiger partial charge in [-0.15, -0.1) is 11.3 Å². The van der Waals surface area contributed by atoms with Crippen LogP contribution in [0, 0.1) is 5.92 Å². The highest BCUT2D eigenvalue weighted by Gasteiger charge is 2.30. The van der Waals surface area contributed by atoms with Crippen molar-refractivity contribution in [3.63, 3.8) is 0 Å². The molecule has 2 aromatic carbocycles. The summed E-state index contributed by atoms with van der Waals surface area (Å²) in [5.74, 6) is 0.208. The Morgan fingerprint density at radius 2 is 1.81 bits per heavy atom. The first-order valence-electron chi connectivity index (χ1n) is 14.9. The summed E-state index contributed by atoms with van der Waals surface area (Å²) >= 11 is 7.54. The quantitative estimate of drug-likeness (QED) is 0.235. The van der Waals surface area contributed by atoms with Crippen LogP contribution in [0.4, 0.5) is 0 Å². The second kappa shape index (κ2) is 12.9. The van der Waals surface area contributed by atoms with Gasteiger partial charge in [0.05, 0.1) is 22.5 Å². The summed E-state index contributed by atoms with van der Waals surface area (Å²) < 4.78 is 1.86. The zero-order valence-electron chi connectivity index (χ0n) is 25.0. The van der Waals surface area contributed by atoms with Crippen molar-refractivity contribution in [2.45, 2.75) is 59.9 Å². The Labute approximate surface area is 257 Å². The van der Waals surface area contributed by atoms with Crippen LogP contribution in [0.1, 0.15) is 61.8 Å². The van der Waals surface area contributed by atoms with E-state index in [1.807, 2.05) is 45.2 Å². The number of carbonyl (C=O) groups is 1. The molecule has 1 atom stereocenters. The summed E-state index contributed by atoms with van der Waals surface area (Å²) in [6.07, 6.45) is 2.15.